The van der Waals surface area contributed by atoms with Crippen molar-refractivity contribution in [3.63, 3.8) is 0 Å². The van der Waals surface area contributed by atoms with Crippen molar-refractivity contribution in [2.45, 2.75) is 49.9 Å². The van der Waals surface area contributed by atoms with Crippen molar-refractivity contribution in [1.82, 2.24) is 60.0 Å². The molecular formula is C50H58N12O4. The lowest BCUT2D eigenvalue weighted by Gasteiger charge is -2.34. The molecule has 4 fully saturated rings. The third-order valence-corrected chi connectivity index (χ3v) is 13.3. The number of nitrogens with zero attached hydrogens (tertiary/aromatic N) is 8. The van der Waals surface area contributed by atoms with Gasteiger partial charge < -0.3 is 50.0 Å². The Hall–Kier alpha value is -6.96. The minimum absolute atomic E-state index is 0.149. The number of urea groups is 2. The Balaban J connectivity index is 0.842. The molecule has 66 heavy (non-hydrogen) atoms. The number of hydrogen-bond donors (Lipinski definition) is 4. The van der Waals surface area contributed by atoms with Crippen LogP contribution in [0.3, 0.4) is 0 Å². The fraction of sp³-hybridized carbons (Fsp3) is 0.400. The highest BCUT2D eigenvalue weighted by Crippen LogP contribution is 2.35. The zero-order chi connectivity index (χ0) is 45.6. The number of nitrogens with one attached hydrogen (secondary N) is 4. The number of carbonyl (C=O) groups is 4. The third kappa shape index (κ3) is 9.97. The minimum Gasteiger partial charge on any atom is -0.340 e. The molecule has 2 aromatic heterocycles. The average Bonchev–Trinajstić information content (AvgIpc) is 4.20. The molecule has 0 aliphatic carbocycles. The molecule has 0 unspecified atom stereocenters. The van der Waals surface area contributed by atoms with Gasteiger partial charge in [0.05, 0.1) is 30.2 Å². The van der Waals surface area contributed by atoms with Gasteiger partial charge in [-0.3, -0.25) is 9.59 Å². The standard InChI is InChI=1S/C50H58N12O4/c1-57-25-29-59(30-26-57)49(65)55-43(37-11-5-3-6-12-37)47(63)61-23-9-15-41(61)45-51-33-39(53-45)22-19-35-17-20-36(21-18-35)40-34-52-46(54-40)42-16-10-24-62(42)48(64)44(38-13-7-4-8-14-38)56-50(66)60-31-27-58(2)28-32-60/h3-8,11-14,17-18,20-21,33-34,41-44H,9-10,15-16,23-32H2,1-2H3,(H,51,53)(H,52,54)(H,55,65)(H,56,66)/t41-,42-,43+,44+/m0/s1. The summed E-state index contributed by atoms with van der Waals surface area (Å²) in [5.74, 6) is 7.51. The summed E-state index contributed by atoms with van der Waals surface area (Å²) < 4.78 is 0. The molecule has 4 aliphatic rings. The van der Waals surface area contributed by atoms with E-state index < -0.39 is 12.1 Å². The maximum atomic E-state index is 14.3. The number of H-pyrrole nitrogens is 2. The van der Waals surface area contributed by atoms with E-state index in [4.69, 9.17) is 4.98 Å². The second kappa shape index (κ2) is 20.1. The largest absolute Gasteiger partial charge is 0.340 e. The van der Waals surface area contributed by atoms with E-state index in [1.165, 1.54) is 0 Å². The van der Waals surface area contributed by atoms with E-state index in [-0.39, 0.29) is 36.0 Å². The van der Waals surface area contributed by atoms with E-state index in [1.54, 1.807) is 22.2 Å². The molecule has 16 nitrogen and oxygen atoms in total. The van der Waals surface area contributed by atoms with Crippen molar-refractivity contribution >= 4 is 23.9 Å². The number of amides is 6. The van der Waals surface area contributed by atoms with Crippen LogP contribution < -0.4 is 10.6 Å². The number of aromatic nitrogens is 4. The van der Waals surface area contributed by atoms with E-state index in [2.05, 4.69) is 47.2 Å². The molecule has 6 amide bonds. The smallest absolute Gasteiger partial charge is 0.318 e. The molecule has 16 heteroatoms. The highest BCUT2D eigenvalue weighted by molar-refractivity contribution is 5.89. The normalized spacial score (nSPS) is 20.1. The van der Waals surface area contributed by atoms with Crippen molar-refractivity contribution in [3.05, 3.63) is 131 Å². The first-order valence-corrected chi connectivity index (χ1v) is 23.1. The van der Waals surface area contributed by atoms with Gasteiger partial charge in [0.25, 0.3) is 0 Å². The van der Waals surface area contributed by atoms with Gasteiger partial charge in [0.1, 0.15) is 29.4 Å². The Labute approximate surface area is 385 Å². The van der Waals surface area contributed by atoms with Gasteiger partial charge in [0.2, 0.25) is 11.8 Å². The Morgan fingerprint density at radius 3 is 1.55 bits per heavy atom. The summed E-state index contributed by atoms with van der Waals surface area (Å²) in [5, 5.41) is 6.13. The molecule has 3 aromatic carbocycles. The number of aromatic amines is 2. The van der Waals surface area contributed by atoms with Crippen LogP contribution in [-0.2, 0) is 9.59 Å². The summed E-state index contributed by atoms with van der Waals surface area (Å²) in [7, 11) is 4.09. The Kier molecular flexibility index (Phi) is 13.4. The molecule has 0 bridgehead atoms. The van der Waals surface area contributed by atoms with Crippen molar-refractivity contribution in [3.8, 4) is 23.1 Å². The number of rotatable bonds is 9. The van der Waals surface area contributed by atoms with Crippen LogP contribution in [0, 0.1) is 11.8 Å². The molecular weight excluding hydrogens is 833 g/mol. The van der Waals surface area contributed by atoms with Crippen LogP contribution in [0.25, 0.3) is 11.3 Å². The molecule has 0 saturated carbocycles. The lowest BCUT2D eigenvalue weighted by Crippen LogP contribution is -2.53. The fourth-order valence-corrected chi connectivity index (χ4v) is 9.37. The number of piperazine rings is 2. The van der Waals surface area contributed by atoms with Gasteiger partial charge in [0.15, 0.2) is 0 Å². The fourth-order valence-electron chi connectivity index (χ4n) is 9.37. The predicted octanol–water partition coefficient (Wildman–Crippen LogP) is 4.92. The van der Waals surface area contributed by atoms with Gasteiger partial charge >= 0.3 is 12.1 Å². The lowest BCUT2D eigenvalue weighted by atomic mass is 10.0. The third-order valence-electron chi connectivity index (χ3n) is 13.3. The Bertz CT molecular complexity index is 2540. The average molecular weight is 891 g/mol. The second-order valence-corrected chi connectivity index (χ2v) is 17.7. The van der Waals surface area contributed by atoms with Crippen molar-refractivity contribution in [2.24, 2.45) is 0 Å². The van der Waals surface area contributed by atoms with E-state index >= 15 is 0 Å². The summed E-state index contributed by atoms with van der Waals surface area (Å²) in [6.07, 6.45) is 6.65. The van der Waals surface area contributed by atoms with Crippen LogP contribution in [0.1, 0.15) is 83.9 Å². The first-order chi connectivity index (χ1) is 32.2. The highest BCUT2D eigenvalue weighted by Gasteiger charge is 2.39. The molecule has 5 aromatic rings. The van der Waals surface area contributed by atoms with Crippen LogP contribution in [0.15, 0.2) is 97.3 Å². The summed E-state index contributed by atoms with van der Waals surface area (Å²) in [5.41, 5.74) is 4.70. The summed E-state index contributed by atoms with van der Waals surface area (Å²) in [6.45, 7) is 6.73. The molecule has 4 atom stereocenters. The predicted molar refractivity (Wildman–Crippen MR) is 250 cm³/mol. The monoisotopic (exact) mass is 890 g/mol. The Morgan fingerprint density at radius 2 is 1.05 bits per heavy atom. The number of benzene rings is 3. The maximum absolute atomic E-state index is 14.3. The van der Waals surface area contributed by atoms with Crippen molar-refractivity contribution in [2.75, 3.05) is 79.5 Å². The molecule has 4 aliphatic heterocycles. The van der Waals surface area contributed by atoms with Crippen molar-refractivity contribution in [1.29, 1.82) is 0 Å². The van der Waals surface area contributed by atoms with Crippen LogP contribution in [0.5, 0.6) is 0 Å². The van der Waals surface area contributed by atoms with Gasteiger partial charge in [-0.2, -0.15) is 0 Å². The zero-order valence-electron chi connectivity index (χ0n) is 37.7. The number of hydrogen-bond acceptors (Lipinski definition) is 8. The second-order valence-electron chi connectivity index (χ2n) is 17.7. The molecule has 4 saturated heterocycles. The SMILES string of the molecule is CN1CCN(C(=O)N[C@@H](C(=O)N2CCC[C@H]2c2ncc(C#Cc3ccc(-c4cnc([C@@H]5CCCN5C(=O)[C@H](NC(=O)N5CCN(C)CC5)c5ccccc5)[nH]4)cc3)[nH]2)c2ccccc2)CC1. The number of likely N-dealkylation sites (tertiary alicyclic amines) is 2. The molecule has 9 rings (SSSR count). The quantitative estimate of drug-likeness (QED) is 0.151. The van der Waals surface area contributed by atoms with Gasteiger partial charge in [-0.05, 0) is 74.5 Å². The number of likely N-dealkylation sites (N-methyl/N-ethyl adjacent to an activating group) is 2. The van der Waals surface area contributed by atoms with Gasteiger partial charge in [-0.25, -0.2) is 19.6 Å². The minimum atomic E-state index is -0.823. The molecule has 0 radical (unpaired) electrons. The summed E-state index contributed by atoms with van der Waals surface area (Å²) in [6, 6.07) is 24.2. The summed E-state index contributed by atoms with van der Waals surface area (Å²) >= 11 is 0. The van der Waals surface area contributed by atoms with E-state index in [0.29, 0.717) is 56.6 Å². The summed E-state index contributed by atoms with van der Waals surface area (Å²) in [4.78, 5) is 83.4. The van der Waals surface area contributed by atoms with Crippen LogP contribution in [0.4, 0.5) is 9.59 Å². The van der Waals surface area contributed by atoms with Gasteiger partial charge in [-0.15, -0.1) is 0 Å². The molecule has 0 spiro atoms. The van der Waals surface area contributed by atoms with Gasteiger partial charge in [0, 0.05) is 71.0 Å². The van der Waals surface area contributed by atoms with E-state index in [1.807, 2.05) is 109 Å². The highest BCUT2D eigenvalue weighted by atomic mass is 16.2. The van der Waals surface area contributed by atoms with E-state index in [9.17, 15) is 19.2 Å². The van der Waals surface area contributed by atoms with Crippen LogP contribution >= 0.6 is 0 Å². The first-order valence-electron chi connectivity index (χ1n) is 23.1. The lowest BCUT2D eigenvalue weighted by molar-refractivity contribution is -0.135. The van der Waals surface area contributed by atoms with Gasteiger partial charge in [-0.1, -0.05) is 78.7 Å². The number of imidazole rings is 2. The number of carbonyl (C=O) groups excluding carboxylic acids is 4. The molecule has 4 N–H and O–H groups in total. The van der Waals surface area contributed by atoms with Crippen LogP contribution in [-0.4, -0.2) is 153 Å². The Morgan fingerprint density at radius 1 is 0.576 bits per heavy atom. The van der Waals surface area contributed by atoms with Crippen molar-refractivity contribution < 1.29 is 19.2 Å². The topological polar surface area (TPSA) is 169 Å². The maximum Gasteiger partial charge on any atom is 0.318 e. The molecule has 342 valence electrons. The first kappa shape index (κ1) is 44.3. The van der Waals surface area contributed by atoms with E-state index in [0.717, 1.165) is 79.8 Å². The zero-order valence-corrected chi connectivity index (χ0v) is 37.7. The molecule has 6 heterocycles. The van der Waals surface area contributed by atoms with Crippen LogP contribution in [0.2, 0.25) is 0 Å².